The summed E-state index contributed by atoms with van der Waals surface area (Å²) in [6, 6.07) is 0. The van der Waals surface area contributed by atoms with Crippen molar-refractivity contribution in [2.75, 3.05) is 14.1 Å². The standard InChI is InChI=1S/C5H12N2/c1-5(6)4-7(2)3/h4H,6H2,1-3H3/b5-4+. The quantitative estimate of drug-likeness (QED) is 0.515. The largest absolute Gasteiger partial charge is 0.401 e. The Balaban J connectivity index is 3.45. The highest BCUT2D eigenvalue weighted by Crippen LogP contribution is 1.80. The van der Waals surface area contributed by atoms with Gasteiger partial charge in [0.05, 0.1) is 0 Å². The lowest BCUT2D eigenvalue weighted by Gasteiger charge is -2.03. The molecule has 42 valence electrons. The van der Waals surface area contributed by atoms with Gasteiger partial charge in [-0.05, 0) is 6.92 Å². The average molecular weight is 100 g/mol. The Bertz CT molecular complexity index is 70.1. The molecule has 2 N–H and O–H groups in total. The zero-order valence-electron chi connectivity index (χ0n) is 5.10. The molecule has 0 saturated heterocycles. The molecule has 0 heterocycles. The molecular weight excluding hydrogens is 88.1 g/mol. The van der Waals surface area contributed by atoms with Crippen LogP contribution < -0.4 is 5.73 Å². The Morgan fingerprint density at radius 1 is 1.57 bits per heavy atom. The van der Waals surface area contributed by atoms with Crippen molar-refractivity contribution in [3.05, 3.63) is 11.9 Å². The second-order valence-corrected chi connectivity index (χ2v) is 1.84. The molecule has 0 aromatic carbocycles. The van der Waals surface area contributed by atoms with Gasteiger partial charge < -0.3 is 10.6 Å². The molecule has 0 fully saturated rings. The Labute approximate surface area is 44.6 Å². The van der Waals surface area contributed by atoms with Gasteiger partial charge in [-0.2, -0.15) is 0 Å². The Morgan fingerprint density at radius 3 is 2.00 bits per heavy atom. The zero-order valence-corrected chi connectivity index (χ0v) is 5.10. The third-order valence-electron chi connectivity index (χ3n) is 0.462. The molecule has 0 radical (unpaired) electrons. The minimum atomic E-state index is 0.838. The average Bonchev–Trinajstić information content (AvgIpc) is 1.27. The fourth-order valence-corrected chi connectivity index (χ4v) is 0.407. The van der Waals surface area contributed by atoms with Crippen molar-refractivity contribution in [3.63, 3.8) is 0 Å². The molecular formula is C5H12N2. The SMILES string of the molecule is C/C(N)=C\N(C)C. The van der Waals surface area contributed by atoms with Crippen LogP contribution in [0.4, 0.5) is 0 Å². The summed E-state index contributed by atoms with van der Waals surface area (Å²) in [6.45, 7) is 1.86. The van der Waals surface area contributed by atoms with Crippen LogP contribution in [0.15, 0.2) is 11.9 Å². The predicted molar refractivity (Wildman–Crippen MR) is 31.6 cm³/mol. The molecule has 0 aliphatic rings. The minimum absolute atomic E-state index is 0.838. The van der Waals surface area contributed by atoms with Crippen molar-refractivity contribution in [1.29, 1.82) is 0 Å². The fourth-order valence-electron chi connectivity index (χ4n) is 0.407. The first-order chi connectivity index (χ1) is 3.13. The number of nitrogens with two attached hydrogens (primary N) is 1. The van der Waals surface area contributed by atoms with E-state index in [2.05, 4.69) is 0 Å². The van der Waals surface area contributed by atoms with Gasteiger partial charge in [0.2, 0.25) is 0 Å². The molecule has 2 heteroatoms. The smallest absolute Gasteiger partial charge is 0.0210 e. The summed E-state index contributed by atoms with van der Waals surface area (Å²) in [5.74, 6) is 0. The molecule has 0 aliphatic heterocycles. The van der Waals surface area contributed by atoms with Crippen molar-refractivity contribution in [1.82, 2.24) is 4.90 Å². The molecule has 0 atom stereocenters. The highest BCUT2D eigenvalue weighted by molar-refractivity contribution is 4.88. The van der Waals surface area contributed by atoms with Gasteiger partial charge in [-0.15, -0.1) is 0 Å². The van der Waals surface area contributed by atoms with Crippen LogP contribution in [0.3, 0.4) is 0 Å². The summed E-state index contributed by atoms with van der Waals surface area (Å²) < 4.78 is 0. The number of rotatable bonds is 1. The van der Waals surface area contributed by atoms with Crippen LogP contribution >= 0.6 is 0 Å². The molecule has 0 bridgehead atoms. The number of hydrogen-bond donors (Lipinski definition) is 1. The van der Waals surface area contributed by atoms with Crippen LogP contribution in [0.2, 0.25) is 0 Å². The van der Waals surface area contributed by atoms with Crippen molar-refractivity contribution in [3.8, 4) is 0 Å². The van der Waals surface area contributed by atoms with E-state index < -0.39 is 0 Å². The van der Waals surface area contributed by atoms with E-state index in [1.54, 1.807) is 0 Å². The number of nitrogens with zero attached hydrogens (tertiary/aromatic N) is 1. The molecule has 0 amide bonds. The number of hydrogen-bond acceptors (Lipinski definition) is 2. The lowest BCUT2D eigenvalue weighted by molar-refractivity contribution is 0.557. The van der Waals surface area contributed by atoms with Crippen LogP contribution in [-0.2, 0) is 0 Å². The van der Waals surface area contributed by atoms with Crippen molar-refractivity contribution >= 4 is 0 Å². The second kappa shape index (κ2) is 2.50. The molecule has 0 rings (SSSR count). The second-order valence-electron chi connectivity index (χ2n) is 1.84. The zero-order chi connectivity index (χ0) is 5.86. The normalized spacial score (nSPS) is 11.6. The summed E-state index contributed by atoms with van der Waals surface area (Å²) in [7, 11) is 3.88. The van der Waals surface area contributed by atoms with Crippen LogP contribution in [0, 0.1) is 0 Å². The summed E-state index contributed by atoms with van der Waals surface area (Å²) in [4.78, 5) is 1.91. The van der Waals surface area contributed by atoms with E-state index in [9.17, 15) is 0 Å². The van der Waals surface area contributed by atoms with E-state index in [1.165, 1.54) is 0 Å². The lowest BCUT2D eigenvalue weighted by atomic mass is 10.5. The first-order valence-electron chi connectivity index (χ1n) is 2.23. The van der Waals surface area contributed by atoms with E-state index in [1.807, 2.05) is 32.1 Å². The highest BCUT2D eigenvalue weighted by atomic mass is 15.0. The molecule has 0 saturated carbocycles. The molecule has 0 unspecified atom stereocenters. The van der Waals surface area contributed by atoms with Gasteiger partial charge in [-0.1, -0.05) is 0 Å². The van der Waals surface area contributed by atoms with Crippen LogP contribution in [0.1, 0.15) is 6.92 Å². The van der Waals surface area contributed by atoms with Crippen molar-refractivity contribution < 1.29 is 0 Å². The van der Waals surface area contributed by atoms with Gasteiger partial charge in [-0.3, -0.25) is 0 Å². The van der Waals surface area contributed by atoms with Crippen molar-refractivity contribution in [2.24, 2.45) is 5.73 Å². The summed E-state index contributed by atoms with van der Waals surface area (Å²) in [5, 5.41) is 0. The van der Waals surface area contributed by atoms with E-state index in [4.69, 9.17) is 5.73 Å². The summed E-state index contributed by atoms with van der Waals surface area (Å²) in [5.41, 5.74) is 6.15. The molecule has 0 aliphatic carbocycles. The number of allylic oxidation sites excluding steroid dienone is 1. The lowest BCUT2D eigenvalue weighted by Crippen LogP contribution is -2.05. The third-order valence-corrected chi connectivity index (χ3v) is 0.462. The first kappa shape index (κ1) is 6.34. The van der Waals surface area contributed by atoms with Crippen LogP contribution in [0.25, 0.3) is 0 Å². The monoisotopic (exact) mass is 100 g/mol. The van der Waals surface area contributed by atoms with E-state index >= 15 is 0 Å². The molecule has 2 nitrogen and oxygen atoms in total. The molecule has 0 aromatic heterocycles. The van der Waals surface area contributed by atoms with Gasteiger partial charge in [0.1, 0.15) is 0 Å². The minimum Gasteiger partial charge on any atom is -0.401 e. The molecule has 0 spiro atoms. The van der Waals surface area contributed by atoms with Gasteiger partial charge in [0.25, 0.3) is 0 Å². The topological polar surface area (TPSA) is 29.3 Å². The molecule has 0 aromatic rings. The van der Waals surface area contributed by atoms with Gasteiger partial charge in [0, 0.05) is 26.0 Å². The van der Waals surface area contributed by atoms with E-state index in [0.717, 1.165) is 5.70 Å². The van der Waals surface area contributed by atoms with Crippen LogP contribution in [0.5, 0.6) is 0 Å². The van der Waals surface area contributed by atoms with E-state index in [-0.39, 0.29) is 0 Å². The Morgan fingerprint density at radius 2 is 2.00 bits per heavy atom. The Kier molecular flexibility index (Phi) is 2.27. The third kappa shape index (κ3) is 5.34. The van der Waals surface area contributed by atoms with Gasteiger partial charge >= 0.3 is 0 Å². The predicted octanol–water partition coefficient (Wildman–Crippen LogP) is 0.368. The summed E-state index contributed by atoms with van der Waals surface area (Å²) in [6.07, 6.45) is 1.86. The Hall–Kier alpha value is -0.660. The first-order valence-corrected chi connectivity index (χ1v) is 2.23. The van der Waals surface area contributed by atoms with Crippen molar-refractivity contribution in [2.45, 2.75) is 6.92 Å². The van der Waals surface area contributed by atoms with Gasteiger partial charge in [-0.25, -0.2) is 0 Å². The summed E-state index contributed by atoms with van der Waals surface area (Å²) >= 11 is 0. The van der Waals surface area contributed by atoms with Gasteiger partial charge in [0.15, 0.2) is 0 Å². The van der Waals surface area contributed by atoms with Crippen LogP contribution in [-0.4, -0.2) is 19.0 Å². The maximum Gasteiger partial charge on any atom is 0.0210 e. The highest BCUT2D eigenvalue weighted by Gasteiger charge is 1.75. The maximum absolute atomic E-state index is 5.31. The fraction of sp³-hybridized carbons (Fsp3) is 0.600. The molecule has 7 heavy (non-hydrogen) atoms. The van der Waals surface area contributed by atoms with E-state index in [0.29, 0.717) is 0 Å². The maximum atomic E-state index is 5.31.